The van der Waals surface area contributed by atoms with Crippen LogP contribution >= 0.6 is 11.8 Å². The van der Waals surface area contributed by atoms with Gasteiger partial charge >= 0.3 is 0 Å². The van der Waals surface area contributed by atoms with Gasteiger partial charge in [-0.2, -0.15) is 0 Å². The Morgan fingerprint density at radius 3 is 2.09 bits per heavy atom. The molecule has 0 aromatic heterocycles. The highest BCUT2D eigenvalue weighted by Crippen LogP contribution is 2.32. The Morgan fingerprint density at radius 1 is 0.721 bits per heavy atom. The fourth-order valence-electron chi connectivity index (χ4n) is 4.04. The zero-order valence-corrected chi connectivity index (χ0v) is 24.7. The van der Waals surface area contributed by atoms with Gasteiger partial charge in [-0.15, -0.1) is 11.8 Å². The molecule has 0 spiro atoms. The topological polar surface area (TPSA) is 115 Å². The van der Waals surface area contributed by atoms with Gasteiger partial charge in [0, 0.05) is 21.7 Å². The second-order valence-electron chi connectivity index (χ2n) is 8.98. The van der Waals surface area contributed by atoms with Crippen molar-refractivity contribution < 1.29 is 28.6 Å². The van der Waals surface area contributed by atoms with Crippen LogP contribution in [0.4, 0.5) is 11.4 Å². The average molecular weight is 598 g/mol. The van der Waals surface area contributed by atoms with Crippen LogP contribution in [0.15, 0.2) is 108 Å². The number of hydrogen-bond donors (Lipinski definition) is 3. The van der Waals surface area contributed by atoms with Crippen LogP contribution in [-0.2, 0) is 9.59 Å². The maximum atomic E-state index is 13.4. The van der Waals surface area contributed by atoms with Crippen LogP contribution in [0.2, 0.25) is 0 Å². The summed E-state index contributed by atoms with van der Waals surface area (Å²) in [6, 6.07) is 28.1. The summed E-state index contributed by atoms with van der Waals surface area (Å²) in [5.41, 5.74) is 2.05. The SMILES string of the molecule is COc1ccccc1NC(=O)CSc1ccc(NC(=O)/C(=C/c2cccc(OC)c2OC)NC(=O)c2ccccc2)cc1. The second kappa shape index (κ2) is 15.1. The molecule has 3 N–H and O–H groups in total. The van der Waals surface area contributed by atoms with Gasteiger partial charge < -0.3 is 30.2 Å². The van der Waals surface area contributed by atoms with Gasteiger partial charge in [0.25, 0.3) is 11.8 Å². The van der Waals surface area contributed by atoms with E-state index in [1.54, 1.807) is 92.0 Å². The Balaban J connectivity index is 1.47. The van der Waals surface area contributed by atoms with Crippen molar-refractivity contribution in [3.63, 3.8) is 0 Å². The van der Waals surface area contributed by atoms with E-state index in [1.807, 2.05) is 12.1 Å². The van der Waals surface area contributed by atoms with Gasteiger partial charge in [-0.1, -0.05) is 42.5 Å². The Bertz CT molecular complexity index is 1610. The molecule has 4 aromatic carbocycles. The van der Waals surface area contributed by atoms with Crippen LogP contribution in [0.5, 0.6) is 17.2 Å². The zero-order chi connectivity index (χ0) is 30.6. The number of carbonyl (C=O) groups excluding carboxylic acids is 3. The van der Waals surface area contributed by atoms with Crippen molar-refractivity contribution in [1.29, 1.82) is 0 Å². The molecule has 4 rings (SSSR count). The smallest absolute Gasteiger partial charge is 0.272 e. The Labute approximate surface area is 254 Å². The molecule has 0 radical (unpaired) electrons. The number of thioether (sulfide) groups is 1. The number of hydrogen-bond acceptors (Lipinski definition) is 7. The van der Waals surface area contributed by atoms with E-state index in [-0.39, 0.29) is 17.4 Å². The number of rotatable bonds is 12. The minimum atomic E-state index is -0.536. The maximum Gasteiger partial charge on any atom is 0.272 e. The number of anilines is 2. The molecular weight excluding hydrogens is 566 g/mol. The summed E-state index contributed by atoms with van der Waals surface area (Å²) in [5, 5.41) is 8.39. The first-order valence-electron chi connectivity index (χ1n) is 13.2. The van der Waals surface area contributed by atoms with E-state index in [4.69, 9.17) is 14.2 Å². The third-order valence-electron chi connectivity index (χ3n) is 6.13. The summed E-state index contributed by atoms with van der Waals surface area (Å²) in [7, 11) is 4.57. The largest absolute Gasteiger partial charge is 0.495 e. The standard InChI is InChI=1S/C33H31N3O6S/c1-40-28-14-8-7-13-26(28)35-30(37)21-43-25-18-16-24(17-19-25)34-33(39)27(36-32(38)22-10-5-4-6-11-22)20-23-12-9-15-29(41-2)31(23)42-3/h4-20H,21H2,1-3H3,(H,34,39)(H,35,37)(H,36,38)/b27-20-. The minimum absolute atomic E-state index is 0.00636. The quantitative estimate of drug-likeness (QED) is 0.139. The van der Waals surface area contributed by atoms with Crippen LogP contribution < -0.4 is 30.2 Å². The van der Waals surface area contributed by atoms with Crippen LogP contribution in [0.3, 0.4) is 0 Å². The van der Waals surface area contributed by atoms with Crippen molar-refractivity contribution in [3.05, 3.63) is 114 Å². The van der Waals surface area contributed by atoms with Crippen molar-refractivity contribution in [3.8, 4) is 17.2 Å². The minimum Gasteiger partial charge on any atom is -0.495 e. The summed E-state index contributed by atoms with van der Waals surface area (Å²) in [5.74, 6) is 0.510. The summed E-state index contributed by atoms with van der Waals surface area (Å²) in [4.78, 5) is 39.7. The monoisotopic (exact) mass is 597 g/mol. The summed E-state index contributed by atoms with van der Waals surface area (Å²) < 4.78 is 16.2. The number of carbonyl (C=O) groups is 3. The van der Waals surface area contributed by atoms with Crippen molar-refractivity contribution in [1.82, 2.24) is 5.32 Å². The molecule has 0 atom stereocenters. The lowest BCUT2D eigenvalue weighted by atomic mass is 10.1. The highest BCUT2D eigenvalue weighted by Gasteiger charge is 2.17. The fourth-order valence-corrected chi connectivity index (χ4v) is 4.74. The molecule has 0 aliphatic rings. The van der Waals surface area contributed by atoms with Gasteiger partial charge in [-0.05, 0) is 60.7 Å². The van der Waals surface area contributed by atoms with E-state index in [2.05, 4.69) is 16.0 Å². The van der Waals surface area contributed by atoms with E-state index in [1.165, 1.54) is 32.1 Å². The lowest BCUT2D eigenvalue weighted by molar-refractivity contribution is -0.114. The van der Waals surface area contributed by atoms with E-state index < -0.39 is 11.8 Å². The van der Waals surface area contributed by atoms with E-state index in [9.17, 15) is 14.4 Å². The van der Waals surface area contributed by atoms with Gasteiger partial charge in [0.1, 0.15) is 11.4 Å². The molecule has 10 heteroatoms. The van der Waals surface area contributed by atoms with Gasteiger partial charge in [-0.3, -0.25) is 14.4 Å². The third-order valence-corrected chi connectivity index (χ3v) is 7.14. The number of para-hydroxylation sites is 3. The van der Waals surface area contributed by atoms with Crippen LogP contribution in [-0.4, -0.2) is 44.8 Å². The van der Waals surface area contributed by atoms with E-state index >= 15 is 0 Å². The molecule has 9 nitrogen and oxygen atoms in total. The molecule has 220 valence electrons. The van der Waals surface area contributed by atoms with Crippen LogP contribution in [0, 0.1) is 0 Å². The third kappa shape index (κ3) is 8.40. The van der Waals surface area contributed by atoms with Crippen molar-refractivity contribution in [2.45, 2.75) is 4.90 Å². The lowest BCUT2D eigenvalue weighted by Gasteiger charge is -2.14. The summed E-state index contributed by atoms with van der Waals surface area (Å²) >= 11 is 1.35. The Kier molecular flexibility index (Phi) is 10.8. The number of benzene rings is 4. The number of amides is 3. The zero-order valence-electron chi connectivity index (χ0n) is 23.9. The summed E-state index contributed by atoms with van der Waals surface area (Å²) in [6.07, 6.45) is 1.53. The van der Waals surface area contributed by atoms with Gasteiger partial charge in [0.05, 0.1) is 32.8 Å². The van der Waals surface area contributed by atoms with Crippen LogP contribution in [0.1, 0.15) is 15.9 Å². The van der Waals surface area contributed by atoms with Gasteiger partial charge in [0.2, 0.25) is 5.91 Å². The average Bonchev–Trinajstić information content (AvgIpc) is 3.04. The first kappa shape index (κ1) is 30.7. The molecule has 0 heterocycles. The lowest BCUT2D eigenvalue weighted by Crippen LogP contribution is -2.30. The van der Waals surface area contributed by atoms with Crippen molar-refractivity contribution in [2.24, 2.45) is 0 Å². The molecule has 0 unspecified atom stereocenters. The predicted octanol–water partition coefficient (Wildman–Crippen LogP) is 5.85. The maximum absolute atomic E-state index is 13.4. The van der Waals surface area contributed by atoms with E-state index in [0.29, 0.717) is 39.8 Å². The van der Waals surface area contributed by atoms with Crippen molar-refractivity contribution >= 4 is 46.9 Å². The molecule has 0 aliphatic heterocycles. The predicted molar refractivity (Wildman–Crippen MR) is 169 cm³/mol. The van der Waals surface area contributed by atoms with Gasteiger partial charge in [0.15, 0.2) is 11.5 Å². The fraction of sp³-hybridized carbons (Fsp3) is 0.121. The first-order chi connectivity index (χ1) is 20.9. The Hall–Kier alpha value is -5.22. The second-order valence-corrected chi connectivity index (χ2v) is 10.0. The Morgan fingerprint density at radius 2 is 1.40 bits per heavy atom. The molecule has 0 bridgehead atoms. The highest BCUT2D eigenvalue weighted by atomic mass is 32.2. The molecule has 43 heavy (non-hydrogen) atoms. The highest BCUT2D eigenvalue weighted by molar-refractivity contribution is 8.00. The molecule has 4 aromatic rings. The molecule has 0 saturated heterocycles. The first-order valence-corrected chi connectivity index (χ1v) is 14.2. The summed E-state index contributed by atoms with van der Waals surface area (Å²) in [6.45, 7) is 0. The van der Waals surface area contributed by atoms with Gasteiger partial charge in [-0.25, -0.2) is 0 Å². The molecular formula is C33H31N3O6S. The number of ether oxygens (including phenoxy) is 3. The molecule has 0 aliphatic carbocycles. The normalized spacial score (nSPS) is 10.8. The van der Waals surface area contributed by atoms with Crippen LogP contribution in [0.25, 0.3) is 6.08 Å². The number of methoxy groups -OCH3 is 3. The molecule has 0 saturated carbocycles. The molecule has 3 amide bonds. The van der Waals surface area contributed by atoms with Crippen molar-refractivity contribution in [2.75, 3.05) is 37.7 Å². The molecule has 0 fully saturated rings. The number of nitrogens with one attached hydrogen (secondary N) is 3. The van der Waals surface area contributed by atoms with E-state index in [0.717, 1.165) is 4.90 Å².